The van der Waals surface area contributed by atoms with Crippen LogP contribution < -0.4 is 4.89 Å². The van der Waals surface area contributed by atoms with Crippen LogP contribution in [0.15, 0.2) is 53.4 Å². The molecule has 0 unspecified atom stereocenters. The van der Waals surface area contributed by atoms with E-state index in [1.165, 1.54) is 12.1 Å². The third kappa shape index (κ3) is 4.81. The number of rotatable bonds is 8. The first-order valence-electron chi connectivity index (χ1n) is 7.31. The van der Waals surface area contributed by atoms with E-state index in [9.17, 15) is 13.2 Å². The van der Waals surface area contributed by atoms with Gasteiger partial charge in [-0.2, -0.15) is 4.89 Å². The highest BCUT2D eigenvalue weighted by Crippen LogP contribution is 2.18. The van der Waals surface area contributed by atoms with Crippen LogP contribution in [0.25, 0.3) is 0 Å². The number of hydrogen-bond donors (Lipinski definition) is 1. The lowest BCUT2D eigenvalue weighted by molar-refractivity contribution is -0.206. The Hall–Kier alpha value is -2.38. The molecule has 0 atom stereocenters. The standard InChI is InChI=1S/C17H18O6S/c1-13-7-9-14(10-8-13)24(20,21)12-4-11-22-23-16-6-3-2-5-15(16)17(18)19/h2-3,5-10H,4,11-12H2,1H3,(H,18,19). The van der Waals surface area contributed by atoms with E-state index >= 15 is 0 Å². The Balaban J connectivity index is 1.83. The van der Waals surface area contributed by atoms with Gasteiger partial charge in [-0.05, 0) is 37.6 Å². The first-order valence-corrected chi connectivity index (χ1v) is 8.96. The smallest absolute Gasteiger partial charge is 0.339 e. The van der Waals surface area contributed by atoms with Crippen LogP contribution in [0.4, 0.5) is 0 Å². The van der Waals surface area contributed by atoms with Crippen LogP contribution in [-0.4, -0.2) is 31.9 Å². The molecule has 1 N–H and O–H groups in total. The molecule has 0 aliphatic heterocycles. The molecule has 0 radical (unpaired) electrons. The molecule has 2 aromatic rings. The van der Waals surface area contributed by atoms with Crippen LogP contribution in [0.1, 0.15) is 22.3 Å². The number of hydrogen-bond acceptors (Lipinski definition) is 5. The van der Waals surface area contributed by atoms with Crippen molar-refractivity contribution in [3.05, 3.63) is 59.7 Å². The zero-order chi connectivity index (χ0) is 17.6. The minimum atomic E-state index is -3.37. The first-order chi connectivity index (χ1) is 11.4. The number of para-hydroxylation sites is 1. The van der Waals surface area contributed by atoms with Crippen molar-refractivity contribution < 1.29 is 28.1 Å². The summed E-state index contributed by atoms with van der Waals surface area (Å²) in [5.41, 5.74) is 0.965. The largest absolute Gasteiger partial charge is 0.478 e. The molecule has 0 heterocycles. The van der Waals surface area contributed by atoms with Gasteiger partial charge in [-0.25, -0.2) is 13.2 Å². The van der Waals surface area contributed by atoms with Crippen molar-refractivity contribution in [1.82, 2.24) is 0 Å². The van der Waals surface area contributed by atoms with Crippen LogP contribution in [0.2, 0.25) is 0 Å². The number of carboxylic acids is 1. The van der Waals surface area contributed by atoms with Gasteiger partial charge in [0.05, 0.1) is 17.3 Å². The van der Waals surface area contributed by atoms with Crippen molar-refractivity contribution in [3.8, 4) is 5.75 Å². The molecule has 0 aromatic heterocycles. The molecule has 0 bridgehead atoms. The highest BCUT2D eigenvalue weighted by molar-refractivity contribution is 7.91. The van der Waals surface area contributed by atoms with Gasteiger partial charge in [0.25, 0.3) is 0 Å². The third-order valence-electron chi connectivity index (χ3n) is 3.29. The molecule has 0 saturated carbocycles. The molecular formula is C17H18O6S. The molecule has 0 amide bonds. The topological polar surface area (TPSA) is 89.9 Å². The molecule has 0 saturated heterocycles. The molecule has 0 aliphatic rings. The summed E-state index contributed by atoms with van der Waals surface area (Å²) in [7, 11) is -3.37. The predicted molar refractivity (Wildman–Crippen MR) is 87.8 cm³/mol. The van der Waals surface area contributed by atoms with Gasteiger partial charge in [-0.15, -0.1) is 0 Å². The average molecular weight is 350 g/mol. The minimum Gasteiger partial charge on any atom is -0.478 e. The summed E-state index contributed by atoms with van der Waals surface area (Å²) in [5, 5.41) is 9.01. The van der Waals surface area contributed by atoms with Crippen LogP contribution >= 0.6 is 0 Å². The predicted octanol–water partition coefficient (Wildman–Crippen LogP) is 2.87. The van der Waals surface area contributed by atoms with E-state index < -0.39 is 15.8 Å². The van der Waals surface area contributed by atoms with Gasteiger partial charge in [0, 0.05) is 0 Å². The van der Waals surface area contributed by atoms with E-state index in [2.05, 4.69) is 0 Å². The quantitative estimate of drug-likeness (QED) is 0.447. The number of aryl methyl sites for hydroxylation is 1. The van der Waals surface area contributed by atoms with Gasteiger partial charge in [0.1, 0.15) is 5.56 Å². The third-order valence-corrected chi connectivity index (χ3v) is 5.10. The molecule has 0 aliphatic carbocycles. The van der Waals surface area contributed by atoms with E-state index in [1.54, 1.807) is 36.4 Å². The van der Waals surface area contributed by atoms with Gasteiger partial charge in [-0.1, -0.05) is 29.8 Å². The van der Waals surface area contributed by atoms with E-state index in [-0.39, 0.29) is 35.0 Å². The lowest BCUT2D eigenvalue weighted by Gasteiger charge is -2.08. The number of carbonyl (C=O) groups is 1. The first kappa shape index (κ1) is 18.0. The van der Waals surface area contributed by atoms with Crippen molar-refractivity contribution in [2.45, 2.75) is 18.2 Å². The maximum Gasteiger partial charge on any atom is 0.339 e. The molecule has 2 aromatic carbocycles. The average Bonchev–Trinajstić information content (AvgIpc) is 2.55. The second-order valence-corrected chi connectivity index (χ2v) is 7.30. The van der Waals surface area contributed by atoms with Gasteiger partial charge >= 0.3 is 5.97 Å². The Bertz CT molecular complexity index is 796. The Kier molecular flexibility index (Phi) is 5.94. The lowest BCUT2D eigenvalue weighted by Crippen LogP contribution is -2.11. The molecule has 7 heteroatoms. The summed E-state index contributed by atoms with van der Waals surface area (Å²) < 4.78 is 24.3. The van der Waals surface area contributed by atoms with E-state index in [0.29, 0.717) is 0 Å². The summed E-state index contributed by atoms with van der Waals surface area (Å²) >= 11 is 0. The summed E-state index contributed by atoms with van der Waals surface area (Å²) in [6.45, 7) is 1.91. The summed E-state index contributed by atoms with van der Waals surface area (Å²) in [5.74, 6) is -1.14. The monoisotopic (exact) mass is 350 g/mol. The summed E-state index contributed by atoms with van der Waals surface area (Å²) in [6.07, 6.45) is 0.228. The second-order valence-electron chi connectivity index (χ2n) is 5.19. The zero-order valence-corrected chi connectivity index (χ0v) is 14.0. The molecule has 2 rings (SSSR count). The highest BCUT2D eigenvalue weighted by atomic mass is 32.2. The number of aromatic carboxylic acids is 1. The summed E-state index contributed by atoms with van der Waals surface area (Å²) in [4.78, 5) is 21.2. The SMILES string of the molecule is Cc1ccc(S(=O)(=O)CCCOOc2ccccc2C(=O)O)cc1. The van der Waals surface area contributed by atoms with Gasteiger partial charge < -0.3 is 9.99 Å². The van der Waals surface area contributed by atoms with Crippen LogP contribution in [0.3, 0.4) is 0 Å². The van der Waals surface area contributed by atoms with E-state index in [1.807, 2.05) is 6.92 Å². The van der Waals surface area contributed by atoms with Gasteiger partial charge in [0.15, 0.2) is 15.6 Å². The molecule has 0 spiro atoms. The van der Waals surface area contributed by atoms with Crippen molar-refractivity contribution in [3.63, 3.8) is 0 Å². The Morgan fingerprint density at radius 2 is 1.75 bits per heavy atom. The van der Waals surface area contributed by atoms with Crippen molar-refractivity contribution in [1.29, 1.82) is 0 Å². The molecule has 0 fully saturated rings. The zero-order valence-electron chi connectivity index (χ0n) is 13.1. The fourth-order valence-electron chi connectivity index (χ4n) is 1.99. The Labute approximate surface area is 140 Å². The normalized spacial score (nSPS) is 11.2. The summed E-state index contributed by atoms with van der Waals surface area (Å²) in [6, 6.07) is 12.7. The Morgan fingerprint density at radius 3 is 2.42 bits per heavy atom. The fourth-order valence-corrected chi connectivity index (χ4v) is 3.28. The number of carboxylic acid groups (broad SMARTS) is 1. The van der Waals surface area contributed by atoms with Crippen LogP contribution in [0.5, 0.6) is 5.75 Å². The van der Waals surface area contributed by atoms with Crippen LogP contribution in [0, 0.1) is 6.92 Å². The number of benzene rings is 2. The van der Waals surface area contributed by atoms with E-state index in [4.69, 9.17) is 14.9 Å². The molecule has 128 valence electrons. The molecule has 6 nitrogen and oxygen atoms in total. The highest BCUT2D eigenvalue weighted by Gasteiger charge is 2.14. The van der Waals surface area contributed by atoms with E-state index in [0.717, 1.165) is 5.56 Å². The Morgan fingerprint density at radius 1 is 1.08 bits per heavy atom. The van der Waals surface area contributed by atoms with Crippen molar-refractivity contribution in [2.75, 3.05) is 12.4 Å². The maximum atomic E-state index is 12.1. The van der Waals surface area contributed by atoms with Gasteiger partial charge in [0.2, 0.25) is 0 Å². The van der Waals surface area contributed by atoms with Crippen molar-refractivity contribution in [2.24, 2.45) is 0 Å². The number of sulfone groups is 1. The van der Waals surface area contributed by atoms with Gasteiger partial charge in [-0.3, -0.25) is 0 Å². The lowest BCUT2D eigenvalue weighted by atomic mass is 10.2. The maximum absolute atomic E-state index is 12.1. The fraction of sp³-hybridized carbons (Fsp3) is 0.235. The molecular weight excluding hydrogens is 332 g/mol. The minimum absolute atomic E-state index is 0.0234. The van der Waals surface area contributed by atoms with Crippen LogP contribution in [-0.2, 0) is 14.7 Å². The molecule has 24 heavy (non-hydrogen) atoms. The van der Waals surface area contributed by atoms with Crippen molar-refractivity contribution >= 4 is 15.8 Å². The second kappa shape index (κ2) is 7.94.